The molecular formula is C11H9ClN2. The van der Waals surface area contributed by atoms with E-state index in [-0.39, 0.29) is 0 Å². The highest BCUT2D eigenvalue weighted by Crippen LogP contribution is 2.23. The minimum Gasteiger partial charge on any atom is -0.353 e. The zero-order chi connectivity index (χ0) is 9.80. The smallest absolute Gasteiger partial charge is 0.0640 e. The summed E-state index contributed by atoms with van der Waals surface area (Å²) in [5.74, 6) is 0. The van der Waals surface area contributed by atoms with E-state index in [0.29, 0.717) is 5.02 Å². The molecule has 1 aromatic heterocycles. The lowest BCUT2D eigenvalue weighted by Gasteiger charge is -2.06. The number of rotatable bonds is 2. The van der Waals surface area contributed by atoms with E-state index in [9.17, 15) is 0 Å². The second kappa shape index (κ2) is 4.11. The Morgan fingerprint density at radius 2 is 1.93 bits per heavy atom. The second-order valence-electron chi connectivity index (χ2n) is 2.85. The Hall–Kier alpha value is -1.54. The molecule has 0 amide bonds. The minimum atomic E-state index is 0.705. The van der Waals surface area contributed by atoms with Crippen LogP contribution in [0.15, 0.2) is 48.8 Å². The molecule has 14 heavy (non-hydrogen) atoms. The van der Waals surface area contributed by atoms with E-state index >= 15 is 0 Å². The number of aromatic nitrogens is 1. The summed E-state index contributed by atoms with van der Waals surface area (Å²) in [7, 11) is 0. The molecule has 0 saturated heterocycles. The van der Waals surface area contributed by atoms with E-state index < -0.39 is 0 Å². The largest absolute Gasteiger partial charge is 0.353 e. The molecule has 1 N–H and O–H groups in total. The normalized spacial score (nSPS) is 9.79. The third-order valence-corrected chi connectivity index (χ3v) is 2.14. The van der Waals surface area contributed by atoms with Gasteiger partial charge in [0.15, 0.2) is 0 Å². The molecule has 0 spiro atoms. The van der Waals surface area contributed by atoms with Crippen LogP contribution in [0.25, 0.3) is 0 Å². The minimum absolute atomic E-state index is 0.705. The molecule has 0 bridgehead atoms. The van der Waals surface area contributed by atoms with Gasteiger partial charge in [0.05, 0.1) is 22.6 Å². The molecule has 0 fully saturated rings. The predicted molar refractivity (Wildman–Crippen MR) is 59.0 cm³/mol. The van der Waals surface area contributed by atoms with Gasteiger partial charge < -0.3 is 5.32 Å². The molecule has 0 aliphatic carbocycles. The molecule has 2 rings (SSSR count). The Morgan fingerprint density at radius 1 is 1.07 bits per heavy atom. The lowest BCUT2D eigenvalue weighted by atomic mass is 10.3. The number of para-hydroxylation sites is 1. The zero-order valence-electron chi connectivity index (χ0n) is 7.44. The van der Waals surface area contributed by atoms with Gasteiger partial charge in [-0.1, -0.05) is 23.7 Å². The van der Waals surface area contributed by atoms with Crippen molar-refractivity contribution in [2.24, 2.45) is 0 Å². The third kappa shape index (κ3) is 2.03. The van der Waals surface area contributed by atoms with E-state index in [0.717, 1.165) is 11.4 Å². The van der Waals surface area contributed by atoms with Gasteiger partial charge in [-0.2, -0.15) is 0 Å². The highest BCUT2D eigenvalue weighted by molar-refractivity contribution is 6.33. The monoisotopic (exact) mass is 204 g/mol. The number of anilines is 2. The number of pyridine rings is 1. The van der Waals surface area contributed by atoms with Crippen LogP contribution in [-0.4, -0.2) is 4.98 Å². The summed E-state index contributed by atoms with van der Waals surface area (Å²) in [4.78, 5) is 4.00. The second-order valence-corrected chi connectivity index (χ2v) is 3.25. The van der Waals surface area contributed by atoms with Crippen molar-refractivity contribution in [2.45, 2.75) is 0 Å². The van der Waals surface area contributed by atoms with Crippen LogP contribution in [0.5, 0.6) is 0 Å². The first-order chi connectivity index (χ1) is 6.86. The maximum atomic E-state index is 5.99. The van der Waals surface area contributed by atoms with E-state index in [1.807, 2.05) is 36.4 Å². The molecule has 0 aliphatic rings. The quantitative estimate of drug-likeness (QED) is 0.810. The standard InChI is InChI=1S/C11H9ClN2/c12-10-5-1-2-6-11(10)14-9-4-3-7-13-8-9/h1-8,14H. The summed E-state index contributed by atoms with van der Waals surface area (Å²) in [5, 5.41) is 3.88. The average Bonchev–Trinajstić information content (AvgIpc) is 2.23. The predicted octanol–water partition coefficient (Wildman–Crippen LogP) is 3.48. The average molecular weight is 205 g/mol. The zero-order valence-corrected chi connectivity index (χ0v) is 8.20. The Bertz CT molecular complexity index is 415. The van der Waals surface area contributed by atoms with Crippen molar-refractivity contribution in [3.8, 4) is 0 Å². The molecule has 2 aromatic rings. The SMILES string of the molecule is Clc1ccccc1Nc1cccnc1. The summed E-state index contributed by atoms with van der Waals surface area (Å²) in [6.45, 7) is 0. The van der Waals surface area contributed by atoms with Crippen LogP contribution >= 0.6 is 11.6 Å². The fraction of sp³-hybridized carbons (Fsp3) is 0. The number of nitrogens with zero attached hydrogens (tertiary/aromatic N) is 1. The summed E-state index contributed by atoms with van der Waals surface area (Å²) >= 11 is 5.99. The van der Waals surface area contributed by atoms with Crippen molar-refractivity contribution in [1.29, 1.82) is 0 Å². The van der Waals surface area contributed by atoms with E-state index in [1.165, 1.54) is 0 Å². The molecule has 1 aromatic carbocycles. The van der Waals surface area contributed by atoms with Gasteiger partial charge in [-0.25, -0.2) is 0 Å². The molecule has 0 unspecified atom stereocenters. The first-order valence-electron chi connectivity index (χ1n) is 4.28. The van der Waals surface area contributed by atoms with Crippen molar-refractivity contribution >= 4 is 23.0 Å². The van der Waals surface area contributed by atoms with E-state index in [2.05, 4.69) is 10.3 Å². The lowest BCUT2D eigenvalue weighted by Crippen LogP contribution is -1.90. The van der Waals surface area contributed by atoms with Gasteiger partial charge in [0.25, 0.3) is 0 Å². The Kier molecular flexibility index (Phi) is 2.65. The first-order valence-corrected chi connectivity index (χ1v) is 4.65. The molecule has 0 radical (unpaired) electrons. The van der Waals surface area contributed by atoms with Crippen molar-refractivity contribution in [2.75, 3.05) is 5.32 Å². The lowest BCUT2D eigenvalue weighted by molar-refractivity contribution is 1.32. The molecule has 3 heteroatoms. The maximum Gasteiger partial charge on any atom is 0.0640 e. The van der Waals surface area contributed by atoms with Gasteiger partial charge in [0.1, 0.15) is 0 Å². The van der Waals surface area contributed by atoms with Gasteiger partial charge in [0, 0.05) is 6.20 Å². The first kappa shape index (κ1) is 9.03. The summed E-state index contributed by atoms with van der Waals surface area (Å²) in [6.07, 6.45) is 3.49. The number of hydrogen-bond donors (Lipinski definition) is 1. The molecular weight excluding hydrogens is 196 g/mol. The van der Waals surface area contributed by atoms with Crippen LogP contribution in [0, 0.1) is 0 Å². The van der Waals surface area contributed by atoms with Crippen molar-refractivity contribution in [1.82, 2.24) is 4.98 Å². The van der Waals surface area contributed by atoms with Crippen LogP contribution < -0.4 is 5.32 Å². The number of benzene rings is 1. The summed E-state index contributed by atoms with van der Waals surface area (Å²) < 4.78 is 0. The molecule has 2 nitrogen and oxygen atoms in total. The number of halogens is 1. The molecule has 1 heterocycles. The molecule has 0 atom stereocenters. The van der Waals surface area contributed by atoms with Crippen LogP contribution in [0.3, 0.4) is 0 Å². The van der Waals surface area contributed by atoms with Crippen LogP contribution in [0.2, 0.25) is 5.02 Å². The van der Waals surface area contributed by atoms with Gasteiger partial charge >= 0.3 is 0 Å². The van der Waals surface area contributed by atoms with Gasteiger partial charge in [0.2, 0.25) is 0 Å². The summed E-state index contributed by atoms with van der Waals surface area (Å²) in [5.41, 5.74) is 1.82. The molecule has 0 aliphatic heterocycles. The summed E-state index contributed by atoms with van der Waals surface area (Å²) in [6, 6.07) is 11.4. The van der Waals surface area contributed by atoms with E-state index in [1.54, 1.807) is 12.4 Å². The van der Waals surface area contributed by atoms with Crippen LogP contribution in [0.4, 0.5) is 11.4 Å². The Balaban J connectivity index is 2.24. The molecule has 70 valence electrons. The maximum absolute atomic E-state index is 5.99. The van der Waals surface area contributed by atoms with Crippen molar-refractivity contribution in [3.05, 3.63) is 53.8 Å². The highest BCUT2D eigenvalue weighted by Gasteiger charge is 1.97. The van der Waals surface area contributed by atoms with Gasteiger partial charge in [-0.3, -0.25) is 4.98 Å². The fourth-order valence-corrected chi connectivity index (χ4v) is 1.34. The highest BCUT2D eigenvalue weighted by atomic mass is 35.5. The van der Waals surface area contributed by atoms with Crippen LogP contribution in [-0.2, 0) is 0 Å². The van der Waals surface area contributed by atoms with Gasteiger partial charge in [-0.15, -0.1) is 0 Å². The van der Waals surface area contributed by atoms with Crippen molar-refractivity contribution in [3.63, 3.8) is 0 Å². The van der Waals surface area contributed by atoms with Crippen LogP contribution in [0.1, 0.15) is 0 Å². The molecule has 0 saturated carbocycles. The third-order valence-electron chi connectivity index (χ3n) is 1.81. The Labute approximate surface area is 87.6 Å². The van der Waals surface area contributed by atoms with Crippen molar-refractivity contribution < 1.29 is 0 Å². The topological polar surface area (TPSA) is 24.9 Å². The van der Waals surface area contributed by atoms with Gasteiger partial charge in [-0.05, 0) is 24.3 Å². The Morgan fingerprint density at radius 3 is 2.64 bits per heavy atom. The number of hydrogen-bond acceptors (Lipinski definition) is 2. The number of nitrogens with one attached hydrogen (secondary N) is 1. The van der Waals surface area contributed by atoms with E-state index in [4.69, 9.17) is 11.6 Å². The fourth-order valence-electron chi connectivity index (χ4n) is 1.15.